The van der Waals surface area contributed by atoms with Crippen molar-refractivity contribution in [1.82, 2.24) is 24.9 Å². The molecule has 5 heteroatoms. The second-order valence-corrected chi connectivity index (χ2v) is 4.72. The van der Waals surface area contributed by atoms with Crippen LogP contribution in [-0.2, 0) is 27.1 Å². The van der Waals surface area contributed by atoms with Crippen molar-refractivity contribution in [2.75, 3.05) is 6.54 Å². The van der Waals surface area contributed by atoms with Gasteiger partial charge >= 0.3 is 0 Å². The smallest absolute Gasteiger partial charge is 0.0641 e. The molecule has 0 bridgehead atoms. The summed E-state index contributed by atoms with van der Waals surface area (Å²) in [5, 5.41) is 12.0. The first-order valence-electron chi connectivity index (χ1n) is 6.25. The molecule has 2 rings (SSSR count). The molecule has 0 fully saturated rings. The summed E-state index contributed by atoms with van der Waals surface area (Å²) in [4.78, 5) is 0. The lowest BCUT2D eigenvalue weighted by Gasteiger charge is -2.04. The van der Waals surface area contributed by atoms with E-state index in [-0.39, 0.29) is 0 Å². The Balaban J connectivity index is 1.82. The van der Waals surface area contributed by atoms with Gasteiger partial charge in [-0.3, -0.25) is 9.36 Å². The van der Waals surface area contributed by atoms with E-state index in [1.807, 2.05) is 29.7 Å². The van der Waals surface area contributed by atoms with Gasteiger partial charge in [0.05, 0.1) is 11.9 Å². The van der Waals surface area contributed by atoms with Crippen LogP contribution in [0.25, 0.3) is 0 Å². The van der Waals surface area contributed by atoms with Crippen LogP contribution in [0.2, 0.25) is 0 Å². The Labute approximate surface area is 108 Å². The maximum Gasteiger partial charge on any atom is 0.0641 e. The molecule has 0 radical (unpaired) electrons. The molecule has 18 heavy (non-hydrogen) atoms. The SMILES string of the molecule is Cc1nn(C)c(C)c1CNCCc1cnn(C)c1. The Hall–Kier alpha value is -1.62. The average Bonchev–Trinajstić information content (AvgIpc) is 2.82. The van der Waals surface area contributed by atoms with E-state index in [0.717, 1.165) is 25.2 Å². The third-order valence-corrected chi connectivity index (χ3v) is 3.31. The zero-order valence-corrected chi connectivity index (χ0v) is 11.6. The molecule has 0 saturated heterocycles. The van der Waals surface area contributed by atoms with Crippen molar-refractivity contribution in [2.45, 2.75) is 26.8 Å². The van der Waals surface area contributed by atoms with Crippen molar-refractivity contribution < 1.29 is 0 Å². The number of aryl methyl sites for hydroxylation is 3. The summed E-state index contributed by atoms with van der Waals surface area (Å²) in [5.41, 5.74) is 4.93. The van der Waals surface area contributed by atoms with Crippen molar-refractivity contribution in [3.8, 4) is 0 Å². The summed E-state index contributed by atoms with van der Waals surface area (Å²) < 4.78 is 3.78. The Morgan fingerprint density at radius 2 is 2.06 bits per heavy atom. The minimum absolute atomic E-state index is 0.881. The van der Waals surface area contributed by atoms with E-state index in [9.17, 15) is 0 Å². The Kier molecular flexibility index (Phi) is 3.81. The summed E-state index contributed by atoms with van der Waals surface area (Å²) in [6.07, 6.45) is 4.98. The van der Waals surface area contributed by atoms with Gasteiger partial charge in [-0.1, -0.05) is 0 Å². The van der Waals surface area contributed by atoms with Gasteiger partial charge in [0.1, 0.15) is 0 Å². The van der Waals surface area contributed by atoms with Crippen LogP contribution in [0.15, 0.2) is 12.4 Å². The highest BCUT2D eigenvalue weighted by Gasteiger charge is 2.08. The van der Waals surface area contributed by atoms with Gasteiger partial charge in [-0.15, -0.1) is 0 Å². The molecule has 5 nitrogen and oxygen atoms in total. The lowest BCUT2D eigenvalue weighted by molar-refractivity contribution is 0.678. The lowest BCUT2D eigenvalue weighted by atomic mass is 10.2. The molecule has 0 aliphatic carbocycles. The van der Waals surface area contributed by atoms with E-state index >= 15 is 0 Å². The molecular weight excluding hydrogens is 226 g/mol. The Morgan fingerprint density at radius 3 is 2.61 bits per heavy atom. The summed E-state index contributed by atoms with van der Waals surface area (Å²) in [6, 6.07) is 0. The van der Waals surface area contributed by atoms with Gasteiger partial charge < -0.3 is 5.32 Å². The van der Waals surface area contributed by atoms with Crippen LogP contribution in [0.1, 0.15) is 22.5 Å². The molecule has 0 aromatic carbocycles. The van der Waals surface area contributed by atoms with E-state index in [1.54, 1.807) is 0 Å². The Morgan fingerprint density at radius 1 is 1.28 bits per heavy atom. The fourth-order valence-electron chi connectivity index (χ4n) is 2.12. The van der Waals surface area contributed by atoms with Crippen LogP contribution >= 0.6 is 0 Å². The van der Waals surface area contributed by atoms with E-state index in [4.69, 9.17) is 0 Å². The maximum atomic E-state index is 4.41. The zero-order valence-electron chi connectivity index (χ0n) is 11.6. The standard InChI is InChI=1S/C13H21N5/c1-10-13(11(2)18(4)16-10)8-14-6-5-12-7-15-17(3)9-12/h7,9,14H,5-6,8H2,1-4H3. The van der Waals surface area contributed by atoms with Gasteiger partial charge in [-0.2, -0.15) is 10.2 Å². The van der Waals surface area contributed by atoms with Gasteiger partial charge in [0.2, 0.25) is 0 Å². The predicted molar refractivity (Wildman–Crippen MR) is 71.3 cm³/mol. The molecule has 0 unspecified atom stereocenters. The van der Waals surface area contributed by atoms with E-state index in [2.05, 4.69) is 35.6 Å². The first kappa shape index (κ1) is 12.8. The third-order valence-electron chi connectivity index (χ3n) is 3.31. The molecule has 0 spiro atoms. The second kappa shape index (κ2) is 5.35. The normalized spacial score (nSPS) is 11.1. The number of aromatic nitrogens is 4. The highest BCUT2D eigenvalue weighted by atomic mass is 15.3. The van der Waals surface area contributed by atoms with Crippen molar-refractivity contribution in [3.63, 3.8) is 0 Å². The van der Waals surface area contributed by atoms with Crippen molar-refractivity contribution in [3.05, 3.63) is 34.9 Å². The van der Waals surface area contributed by atoms with Crippen molar-refractivity contribution in [2.24, 2.45) is 14.1 Å². The lowest BCUT2D eigenvalue weighted by Crippen LogP contribution is -2.17. The van der Waals surface area contributed by atoms with Crippen LogP contribution < -0.4 is 5.32 Å². The number of rotatable bonds is 5. The van der Waals surface area contributed by atoms with Crippen molar-refractivity contribution in [1.29, 1.82) is 0 Å². The van der Waals surface area contributed by atoms with Crippen molar-refractivity contribution >= 4 is 0 Å². The summed E-state index contributed by atoms with van der Waals surface area (Å²) in [5.74, 6) is 0. The molecule has 0 saturated carbocycles. The number of nitrogens with zero attached hydrogens (tertiary/aromatic N) is 4. The molecule has 0 amide bonds. The van der Waals surface area contributed by atoms with Gasteiger partial charge in [0.25, 0.3) is 0 Å². The average molecular weight is 247 g/mol. The van der Waals surface area contributed by atoms with Crippen LogP contribution in [0.3, 0.4) is 0 Å². The molecule has 2 aromatic heterocycles. The van der Waals surface area contributed by atoms with Crippen LogP contribution in [0.5, 0.6) is 0 Å². The van der Waals surface area contributed by atoms with Gasteiger partial charge in [-0.25, -0.2) is 0 Å². The molecular formula is C13H21N5. The molecule has 0 atom stereocenters. The van der Waals surface area contributed by atoms with Crippen LogP contribution in [0, 0.1) is 13.8 Å². The molecule has 0 aliphatic rings. The minimum atomic E-state index is 0.881. The van der Waals surface area contributed by atoms with E-state index in [1.165, 1.54) is 16.8 Å². The second-order valence-electron chi connectivity index (χ2n) is 4.72. The van der Waals surface area contributed by atoms with Gasteiger partial charge in [-0.05, 0) is 32.4 Å². The molecule has 1 N–H and O–H groups in total. The summed E-state index contributed by atoms with van der Waals surface area (Å²) in [7, 11) is 3.93. The predicted octanol–water partition coefficient (Wildman–Crippen LogP) is 1.10. The fourth-order valence-corrected chi connectivity index (χ4v) is 2.12. The maximum absolute atomic E-state index is 4.41. The fraction of sp³-hybridized carbons (Fsp3) is 0.538. The highest BCUT2D eigenvalue weighted by molar-refractivity contribution is 5.24. The third kappa shape index (κ3) is 2.79. The topological polar surface area (TPSA) is 47.7 Å². The van der Waals surface area contributed by atoms with E-state index in [0.29, 0.717) is 0 Å². The monoisotopic (exact) mass is 247 g/mol. The molecule has 0 aliphatic heterocycles. The summed E-state index contributed by atoms with van der Waals surface area (Å²) in [6.45, 7) is 6.01. The Bertz CT molecular complexity index is 523. The molecule has 2 heterocycles. The van der Waals surface area contributed by atoms with E-state index < -0.39 is 0 Å². The minimum Gasteiger partial charge on any atom is -0.312 e. The number of nitrogens with one attached hydrogen (secondary N) is 1. The number of hydrogen-bond donors (Lipinski definition) is 1. The quantitative estimate of drug-likeness (QED) is 0.805. The zero-order chi connectivity index (χ0) is 13.1. The van der Waals surface area contributed by atoms with Gasteiger partial charge in [0, 0.05) is 38.1 Å². The highest BCUT2D eigenvalue weighted by Crippen LogP contribution is 2.11. The molecule has 98 valence electrons. The first-order chi connectivity index (χ1) is 8.58. The van der Waals surface area contributed by atoms with Gasteiger partial charge in [0.15, 0.2) is 0 Å². The summed E-state index contributed by atoms with van der Waals surface area (Å²) >= 11 is 0. The molecule has 2 aromatic rings. The number of hydrogen-bond acceptors (Lipinski definition) is 3. The van der Waals surface area contributed by atoms with Crippen LogP contribution in [0.4, 0.5) is 0 Å². The first-order valence-corrected chi connectivity index (χ1v) is 6.25. The van der Waals surface area contributed by atoms with Crippen LogP contribution in [-0.4, -0.2) is 26.1 Å². The largest absolute Gasteiger partial charge is 0.312 e.